The van der Waals surface area contributed by atoms with Crippen molar-refractivity contribution in [1.82, 2.24) is 0 Å². The quantitative estimate of drug-likeness (QED) is 0.424. The van der Waals surface area contributed by atoms with Gasteiger partial charge in [0.15, 0.2) is 0 Å². The van der Waals surface area contributed by atoms with E-state index >= 15 is 0 Å². The number of hydrogen-bond donors (Lipinski definition) is 0. The van der Waals surface area contributed by atoms with Crippen molar-refractivity contribution >= 4 is 46.4 Å². The van der Waals surface area contributed by atoms with Gasteiger partial charge in [0.2, 0.25) is 0 Å². The van der Waals surface area contributed by atoms with Crippen LogP contribution in [-0.2, 0) is 0 Å². The molecular weight excluding hydrogens is 410 g/mol. The fourth-order valence-electron chi connectivity index (χ4n) is 1.75. The average Bonchev–Trinajstić information content (AvgIpc) is 2.47. The number of rotatable bonds is 4. The molecule has 0 spiro atoms. The molecule has 0 atom stereocenters. The number of benzene rings is 2. The van der Waals surface area contributed by atoms with E-state index in [4.69, 9.17) is 0 Å². The molecule has 0 aliphatic carbocycles. The molecule has 6 nitrogen and oxygen atoms in total. The van der Waals surface area contributed by atoms with Gasteiger partial charge in [-0.2, -0.15) is 0 Å². The van der Waals surface area contributed by atoms with E-state index in [1.165, 1.54) is 12.1 Å². The van der Waals surface area contributed by atoms with E-state index in [1.807, 2.05) is 13.8 Å². The van der Waals surface area contributed by atoms with Crippen molar-refractivity contribution in [2.24, 2.45) is 0 Å². The van der Waals surface area contributed by atoms with Crippen molar-refractivity contribution in [2.75, 3.05) is 0 Å². The molecule has 0 aliphatic rings. The Labute approximate surface area is 137 Å². The van der Waals surface area contributed by atoms with E-state index in [2.05, 4.69) is 0 Å². The van der Waals surface area contributed by atoms with Crippen LogP contribution in [0.25, 0.3) is 0 Å². The zero-order valence-electron chi connectivity index (χ0n) is 11.9. The van der Waals surface area contributed by atoms with Gasteiger partial charge in [-0.1, -0.05) is 0 Å². The molecule has 0 heterocycles. The minimum absolute atomic E-state index is 0.105. The van der Waals surface area contributed by atoms with E-state index in [0.717, 1.165) is 19.8 Å². The van der Waals surface area contributed by atoms with Crippen molar-refractivity contribution in [3.05, 3.63) is 67.8 Å². The van der Waals surface area contributed by atoms with Gasteiger partial charge in [-0.15, -0.1) is 0 Å². The molecule has 0 fully saturated rings. The first-order chi connectivity index (χ1) is 10.4. The first-order valence-corrected chi connectivity index (χ1v) is 13.4. The Morgan fingerprint density at radius 3 is 1.45 bits per heavy atom. The van der Waals surface area contributed by atoms with Crippen LogP contribution in [0, 0.1) is 34.1 Å². The minimum atomic E-state index is -0.390. The molecule has 112 valence electrons. The molecule has 22 heavy (non-hydrogen) atoms. The number of aryl methyl sites for hydroxylation is 2. The van der Waals surface area contributed by atoms with Gasteiger partial charge >= 0.3 is 138 Å². The van der Waals surface area contributed by atoms with Crippen LogP contribution in [0.2, 0.25) is 0 Å². The molecule has 0 bridgehead atoms. The van der Waals surface area contributed by atoms with Gasteiger partial charge in [-0.25, -0.2) is 0 Å². The normalized spacial score (nSPS) is 10.8. The van der Waals surface area contributed by atoms with Crippen molar-refractivity contribution in [2.45, 2.75) is 13.8 Å². The Morgan fingerprint density at radius 1 is 0.773 bits per heavy atom. The first kappa shape index (κ1) is 16.7. The second-order valence-corrected chi connectivity index (χ2v) is 11.9. The summed E-state index contributed by atoms with van der Waals surface area (Å²) in [5.74, 6) is 0. The van der Waals surface area contributed by atoms with Gasteiger partial charge in [0.1, 0.15) is 0 Å². The molecule has 2 aromatic carbocycles. The van der Waals surface area contributed by atoms with Gasteiger partial charge in [0, 0.05) is 0 Å². The third kappa shape index (κ3) is 3.96. The predicted molar refractivity (Wildman–Crippen MR) is 86.4 cm³/mol. The van der Waals surface area contributed by atoms with Gasteiger partial charge in [0.05, 0.1) is 0 Å². The van der Waals surface area contributed by atoms with Crippen molar-refractivity contribution in [3.8, 4) is 0 Å². The van der Waals surface area contributed by atoms with Crippen LogP contribution in [0.1, 0.15) is 11.1 Å². The summed E-state index contributed by atoms with van der Waals surface area (Å²) < 4.78 is 2.05. The molecule has 2 rings (SSSR count). The second kappa shape index (κ2) is 7.08. The van der Waals surface area contributed by atoms with Crippen LogP contribution in [0.5, 0.6) is 0 Å². The fourth-order valence-corrected chi connectivity index (χ4v) is 11.0. The third-order valence-corrected chi connectivity index (χ3v) is 12.0. The topological polar surface area (TPSA) is 86.3 Å². The fraction of sp³-hybridized carbons (Fsp3) is 0.143. The number of nitro groups is 2. The standard InChI is InChI=1S/C14H12As2N2O4/c1-9-3-5-11(17(19)20)7-13(9)15-16-14-8-12(18(21)22)6-4-10(14)2/h3-8H,1-2H3. The zero-order chi connectivity index (χ0) is 16.3. The monoisotopic (exact) mass is 422 g/mol. The summed E-state index contributed by atoms with van der Waals surface area (Å²) in [5.41, 5.74) is 2.30. The van der Waals surface area contributed by atoms with Crippen LogP contribution in [0.15, 0.2) is 36.4 Å². The molecule has 0 aromatic heterocycles. The summed E-state index contributed by atoms with van der Waals surface area (Å²) in [4.78, 5) is 20.9. The summed E-state index contributed by atoms with van der Waals surface area (Å²) in [7, 11) is 0. The van der Waals surface area contributed by atoms with Gasteiger partial charge in [0.25, 0.3) is 0 Å². The third-order valence-electron chi connectivity index (χ3n) is 3.07. The number of nitro benzene ring substituents is 2. The Kier molecular flexibility index (Phi) is 5.38. The number of nitrogens with zero attached hydrogens (tertiary/aromatic N) is 2. The molecule has 0 saturated carbocycles. The SMILES string of the molecule is Cc1ccc([N+](=O)[O-])cc1[As]=[As]c1cc([N+](=O)[O-])ccc1C. The Balaban J connectivity index is 2.40. The molecule has 0 radical (unpaired) electrons. The van der Waals surface area contributed by atoms with Crippen molar-refractivity contribution in [3.63, 3.8) is 0 Å². The predicted octanol–water partition coefficient (Wildman–Crippen LogP) is 1.39. The summed E-state index contributed by atoms with van der Waals surface area (Å²) in [6.45, 7) is 3.88. The molecule has 0 saturated heterocycles. The average molecular weight is 422 g/mol. The van der Waals surface area contributed by atoms with E-state index in [0.29, 0.717) is 0 Å². The summed E-state index contributed by atoms with van der Waals surface area (Å²) in [6.07, 6.45) is 0. The van der Waals surface area contributed by atoms with Gasteiger partial charge in [-0.3, -0.25) is 0 Å². The first-order valence-electron chi connectivity index (χ1n) is 6.30. The summed E-state index contributed by atoms with van der Waals surface area (Å²) in [6, 6.07) is 9.83. The molecule has 0 N–H and O–H groups in total. The molecule has 0 aliphatic heterocycles. The van der Waals surface area contributed by atoms with Crippen molar-refractivity contribution < 1.29 is 9.85 Å². The number of non-ortho nitro benzene ring substituents is 2. The molecule has 0 unspecified atom stereocenters. The maximum absolute atomic E-state index is 10.9. The number of hydrogen-bond acceptors (Lipinski definition) is 4. The summed E-state index contributed by atoms with van der Waals surface area (Å²) in [5, 5.41) is 21.7. The Morgan fingerprint density at radius 2 is 1.14 bits per heavy atom. The van der Waals surface area contributed by atoms with E-state index in [-0.39, 0.29) is 47.5 Å². The maximum atomic E-state index is 10.9. The van der Waals surface area contributed by atoms with E-state index in [1.54, 1.807) is 24.3 Å². The zero-order valence-corrected chi connectivity index (χ0v) is 15.6. The van der Waals surface area contributed by atoms with Crippen LogP contribution in [-0.4, -0.2) is 36.1 Å². The Hall–Kier alpha value is -1.64. The van der Waals surface area contributed by atoms with Gasteiger partial charge in [-0.05, 0) is 0 Å². The summed E-state index contributed by atoms with van der Waals surface area (Å²) >= 11 is -0.472. The molecule has 0 amide bonds. The van der Waals surface area contributed by atoms with Crippen molar-refractivity contribution in [1.29, 1.82) is 0 Å². The van der Waals surface area contributed by atoms with Crippen LogP contribution < -0.4 is 8.70 Å². The van der Waals surface area contributed by atoms with Crippen LogP contribution >= 0.6 is 0 Å². The van der Waals surface area contributed by atoms with Crippen LogP contribution in [0.4, 0.5) is 11.4 Å². The van der Waals surface area contributed by atoms with E-state index in [9.17, 15) is 20.2 Å². The van der Waals surface area contributed by atoms with Crippen LogP contribution in [0.3, 0.4) is 0 Å². The molecule has 2 aromatic rings. The molecule has 8 heteroatoms. The Bertz CT molecular complexity index is 725. The van der Waals surface area contributed by atoms with E-state index < -0.39 is 0 Å². The van der Waals surface area contributed by atoms with Gasteiger partial charge < -0.3 is 0 Å². The molecular formula is C14H12As2N2O4. The second-order valence-electron chi connectivity index (χ2n) is 4.66.